The number of aryl methyl sites for hydroxylation is 1. The highest BCUT2D eigenvalue weighted by atomic mass is 35.5. The van der Waals surface area contributed by atoms with Crippen LogP contribution in [0.15, 0.2) is 30.5 Å². The summed E-state index contributed by atoms with van der Waals surface area (Å²) < 4.78 is 0. The molecule has 1 aromatic heterocycles. The minimum absolute atomic E-state index is 0.505. The van der Waals surface area contributed by atoms with E-state index in [-0.39, 0.29) is 0 Å². The van der Waals surface area contributed by atoms with Crippen LogP contribution in [0, 0.1) is 0 Å². The second-order valence-corrected chi connectivity index (χ2v) is 6.50. The predicted molar refractivity (Wildman–Crippen MR) is 107 cm³/mol. The lowest BCUT2D eigenvalue weighted by molar-refractivity contribution is 0.667. The number of halogens is 1. The molecule has 2 rings (SSSR count). The molecule has 0 spiro atoms. The van der Waals surface area contributed by atoms with E-state index in [2.05, 4.69) is 51.8 Å². The second kappa shape index (κ2) is 10.9. The van der Waals surface area contributed by atoms with Gasteiger partial charge in [-0.2, -0.15) is 4.98 Å². The summed E-state index contributed by atoms with van der Waals surface area (Å²) >= 11 is 6.12. The van der Waals surface area contributed by atoms with Crippen LogP contribution in [0.1, 0.15) is 44.6 Å². The number of nitrogens with one attached hydrogen (secondary N) is 2. The van der Waals surface area contributed by atoms with Gasteiger partial charge in [0.15, 0.2) is 0 Å². The summed E-state index contributed by atoms with van der Waals surface area (Å²) in [4.78, 5) is 8.66. The van der Waals surface area contributed by atoms with Crippen LogP contribution in [0.25, 0.3) is 0 Å². The first kappa shape index (κ1) is 19.5. The first-order valence-electron chi connectivity index (χ1n) is 9.05. The molecule has 0 saturated heterocycles. The first-order valence-corrected chi connectivity index (χ1v) is 9.43. The van der Waals surface area contributed by atoms with Crippen molar-refractivity contribution in [1.82, 2.24) is 9.97 Å². The maximum absolute atomic E-state index is 6.12. The molecule has 136 valence electrons. The largest absolute Gasteiger partial charge is 0.369 e. The molecule has 0 fully saturated rings. The quantitative estimate of drug-likeness (QED) is 0.503. The summed E-state index contributed by atoms with van der Waals surface area (Å²) in [6.07, 6.45) is 8.73. The van der Waals surface area contributed by atoms with Gasteiger partial charge in [-0.3, -0.25) is 0 Å². The Morgan fingerprint density at radius 2 is 1.88 bits per heavy atom. The van der Waals surface area contributed by atoms with Gasteiger partial charge in [0.05, 0.1) is 6.20 Å². The molecular weight excluding hydrogens is 334 g/mol. The number of benzene rings is 1. The average molecular weight is 362 g/mol. The van der Waals surface area contributed by atoms with E-state index in [0.717, 1.165) is 25.1 Å². The minimum atomic E-state index is 0.505. The van der Waals surface area contributed by atoms with Gasteiger partial charge in [0.25, 0.3) is 0 Å². The first-order chi connectivity index (χ1) is 12.2. The zero-order valence-electron chi connectivity index (χ0n) is 14.9. The Kier molecular flexibility index (Phi) is 8.49. The number of aromatic nitrogens is 2. The van der Waals surface area contributed by atoms with Gasteiger partial charge < -0.3 is 16.4 Å². The molecule has 0 aliphatic rings. The Bertz CT molecular complexity index is 630. The Morgan fingerprint density at radius 1 is 1.08 bits per heavy atom. The van der Waals surface area contributed by atoms with Crippen LogP contribution in [0.2, 0.25) is 5.02 Å². The van der Waals surface area contributed by atoms with Gasteiger partial charge in [-0.1, -0.05) is 49.9 Å². The molecule has 6 heteroatoms. The number of anilines is 3. The molecule has 0 atom stereocenters. The van der Waals surface area contributed by atoms with E-state index in [1.54, 1.807) is 6.20 Å². The predicted octanol–water partition coefficient (Wildman–Crippen LogP) is 4.76. The standard InChI is InChI=1S/C19H28ClN5/c1-2-3-4-5-7-15-8-10-16(11-9-15)24-19-23-14-17(20)18(25-19)22-13-6-12-21/h8-11,14H,2-7,12-13,21H2,1H3,(H2,22,23,24,25). The molecule has 4 N–H and O–H groups in total. The van der Waals surface area contributed by atoms with Crippen molar-refractivity contribution in [3.63, 3.8) is 0 Å². The van der Waals surface area contributed by atoms with E-state index < -0.39 is 0 Å². The third-order valence-electron chi connectivity index (χ3n) is 3.95. The van der Waals surface area contributed by atoms with Gasteiger partial charge in [-0.15, -0.1) is 0 Å². The monoisotopic (exact) mass is 361 g/mol. The number of hydrogen-bond donors (Lipinski definition) is 3. The van der Waals surface area contributed by atoms with Crippen molar-refractivity contribution < 1.29 is 0 Å². The molecule has 2 aromatic rings. The van der Waals surface area contributed by atoms with Crippen molar-refractivity contribution in [2.24, 2.45) is 5.73 Å². The third kappa shape index (κ3) is 6.88. The highest BCUT2D eigenvalue weighted by molar-refractivity contribution is 6.32. The lowest BCUT2D eigenvalue weighted by Crippen LogP contribution is -2.10. The maximum Gasteiger partial charge on any atom is 0.229 e. The van der Waals surface area contributed by atoms with Crippen LogP contribution in [0.3, 0.4) is 0 Å². The topological polar surface area (TPSA) is 75.9 Å². The highest BCUT2D eigenvalue weighted by Crippen LogP contribution is 2.21. The van der Waals surface area contributed by atoms with E-state index in [9.17, 15) is 0 Å². The Morgan fingerprint density at radius 3 is 2.60 bits per heavy atom. The Hall–Kier alpha value is -1.85. The van der Waals surface area contributed by atoms with Crippen LogP contribution in [-0.2, 0) is 6.42 Å². The molecule has 0 radical (unpaired) electrons. The minimum Gasteiger partial charge on any atom is -0.369 e. The van der Waals surface area contributed by atoms with Crippen molar-refractivity contribution in [1.29, 1.82) is 0 Å². The van der Waals surface area contributed by atoms with Crippen molar-refractivity contribution in [3.05, 3.63) is 41.0 Å². The highest BCUT2D eigenvalue weighted by Gasteiger charge is 2.05. The number of unbranched alkanes of at least 4 members (excludes halogenated alkanes) is 3. The van der Waals surface area contributed by atoms with Gasteiger partial charge in [0.1, 0.15) is 10.8 Å². The molecule has 0 aliphatic heterocycles. The average Bonchev–Trinajstić information content (AvgIpc) is 2.63. The molecular formula is C19H28ClN5. The van der Waals surface area contributed by atoms with Gasteiger partial charge in [-0.05, 0) is 43.5 Å². The van der Waals surface area contributed by atoms with Crippen LogP contribution in [0.5, 0.6) is 0 Å². The smallest absolute Gasteiger partial charge is 0.229 e. The molecule has 0 saturated carbocycles. The normalized spacial score (nSPS) is 10.7. The van der Waals surface area contributed by atoms with Gasteiger partial charge in [0.2, 0.25) is 5.95 Å². The maximum atomic E-state index is 6.12. The van der Waals surface area contributed by atoms with Crippen molar-refractivity contribution in [2.75, 3.05) is 23.7 Å². The van der Waals surface area contributed by atoms with E-state index in [4.69, 9.17) is 17.3 Å². The molecule has 1 aromatic carbocycles. The molecule has 25 heavy (non-hydrogen) atoms. The molecule has 1 heterocycles. The van der Waals surface area contributed by atoms with Crippen LogP contribution >= 0.6 is 11.6 Å². The van der Waals surface area contributed by atoms with Crippen molar-refractivity contribution in [3.8, 4) is 0 Å². The van der Waals surface area contributed by atoms with E-state index in [1.807, 2.05) is 0 Å². The summed E-state index contributed by atoms with van der Waals surface area (Å²) in [5.74, 6) is 1.15. The van der Waals surface area contributed by atoms with Crippen molar-refractivity contribution in [2.45, 2.75) is 45.4 Å². The molecule has 5 nitrogen and oxygen atoms in total. The van der Waals surface area contributed by atoms with E-state index in [1.165, 1.54) is 31.2 Å². The fraction of sp³-hybridized carbons (Fsp3) is 0.474. The van der Waals surface area contributed by atoms with Crippen molar-refractivity contribution >= 4 is 29.1 Å². The number of hydrogen-bond acceptors (Lipinski definition) is 5. The number of nitrogens with two attached hydrogens (primary N) is 1. The van der Waals surface area contributed by atoms with Crippen LogP contribution < -0.4 is 16.4 Å². The van der Waals surface area contributed by atoms with Crippen LogP contribution in [0.4, 0.5) is 17.5 Å². The zero-order valence-corrected chi connectivity index (χ0v) is 15.6. The summed E-state index contributed by atoms with van der Waals surface area (Å²) in [6, 6.07) is 8.44. The lowest BCUT2D eigenvalue weighted by Gasteiger charge is -2.10. The summed E-state index contributed by atoms with van der Waals surface area (Å²) in [5.41, 5.74) is 7.83. The summed E-state index contributed by atoms with van der Waals surface area (Å²) in [6.45, 7) is 3.60. The molecule has 0 amide bonds. The number of nitrogens with zero attached hydrogens (tertiary/aromatic N) is 2. The van der Waals surface area contributed by atoms with Crippen LogP contribution in [-0.4, -0.2) is 23.1 Å². The number of rotatable bonds is 11. The van der Waals surface area contributed by atoms with Gasteiger partial charge in [-0.25, -0.2) is 4.98 Å². The summed E-state index contributed by atoms with van der Waals surface area (Å²) in [7, 11) is 0. The SMILES string of the molecule is CCCCCCc1ccc(Nc2ncc(Cl)c(NCCCN)n2)cc1. The Labute approximate surface area is 155 Å². The summed E-state index contributed by atoms with van der Waals surface area (Å²) in [5, 5.41) is 6.90. The molecule has 0 aliphatic carbocycles. The van der Waals surface area contributed by atoms with E-state index in [0.29, 0.717) is 23.3 Å². The van der Waals surface area contributed by atoms with Gasteiger partial charge in [0, 0.05) is 12.2 Å². The third-order valence-corrected chi connectivity index (χ3v) is 4.22. The Balaban J connectivity index is 1.91. The van der Waals surface area contributed by atoms with Gasteiger partial charge >= 0.3 is 0 Å². The van der Waals surface area contributed by atoms with E-state index >= 15 is 0 Å². The zero-order chi connectivity index (χ0) is 17.9. The second-order valence-electron chi connectivity index (χ2n) is 6.09. The fourth-order valence-corrected chi connectivity index (χ4v) is 2.66. The fourth-order valence-electron chi connectivity index (χ4n) is 2.50. The molecule has 0 unspecified atom stereocenters. The lowest BCUT2D eigenvalue weighted by atomic mass is 10.1. The molecule has 0 bridgehead atoms.